The highest BCUT2D eigenvalue weighted by Crippen LogP contribution is 2.21. The van der Waals surface area contributed by atoms with Crippen LogP contribution in [0.1, 0.15) is 11.1 Å². The molecule has 0 fully saturated rings. The molecule has 3 aromatic rings. The van der Waals surface area contributed by atoms with Crippen LogP contribution in [0.3, 0.4) is 0 Å². The summed E-state index contributed by atoms with van der Waals surface area (Å²) in [4.78, 5) is -0.262. The molecule has 1 unspecified atom stereocenters. The van der Waals surface area contributed by atoms with Crippen LogP contribution in [0, 0.1) is 6.92 Å². The number of hydrogen-bond acceptors (Lipinski definition) is 4. The first-order valence-electron chi connectivity index (χ1n) is 8.48. The number of hydrogen-bond donors (Lipinski definition) is 2. The van der Waals surface area contributed by atoms with Crippen LogP contribution in [0.4, 0.5) is 0 Å². The first-order chi connectivity index (χ1) is 13.3. The molecule has 0 amide bonds. The Kier molecular flexibility index (Phi) is 8.00. The molecule has 0 aromatic heterocycles. The van der Waals surface area contributed by atoms with Crippen LogP contribution < -0.4 is 10.0 Å². The van der Waals surface area contributed by atoms with Gasteiger partial charge in [-0.3, -0.25) is 4.55 Å². The molecule has 5 nitrogen and oxygen atoms in total. The number of phenols is 1. The summed E-state index contributed by atoms with van der Waals surface area (Å²) >= 11 is 0. The van der Waals surface area contributed by atoms with Crippen molar-refractivity contribution in [2.75, 3.05) is 7.11 Å². The van der Waals surface area contributed by atoms with E-state index < -0.39 is 10.1 Å². The molecule has 0 heterocycles. The summed E-state index contributed by atoms with van der Waals surface area (Å²) in [5.74, 6) is 0.736. The van der Waals surface area contributed by atoms with E-state index in [4.69, 9.17) is 14.4 Å². The van der Waals surface area contributed by atoms with E-state index in [2.05, 4.69) is 42.5 Å². The van der Waals surface area contributed by atoms with Crippen molar-refractivity contribution in [1.29, 1.82) is 0 Å². The number of rotatable bonds is 5. The van der Waals surface area contributed by atoms with Crippen molar-refractivity contribution in [3.05, 3.63) is 83.9 Å². The summed E-state index contributed by atoms with van der Waals surface area (Å²) in [5, 5.41) is 10.3. The quantitative estimate of drug-likeness (QED) is 0.480. The first-order valence-corrected chi connectivity index (χ1v) is 11.1. The molecule has 3 aromatic carbocycles. The summed E-state index contributed by atoms with van der Waals surface area (Å²) in [7, 11) is -1.68. The zero-order chi connectivity index (χ0) is 20.6. The minimum atomic E-state index is -4.22. The van der Waals surface area contributed by atoms with Crippen molar-refractivity contribution >= 4 is 24.0 Å². The fourth-order valence-corrected chi connectivity index (χ4v) is 4.19. The summed E-state index contributed by atoms with van der Waals surface area (Å²) in [6.07, 6.45) is 1.11. The van der Waals surface area contributed by atoms with Crippen molar-refractivity contribution in [1.82, 2.24) is 0 Å². The number of benzene rings is 3. The lowest BCUT2D eigenvalue weighted by Gasteiger charge is -2.04. The minimum Gasteiger partial charge on any atom is -0.508 e. The van der Waals surface area contributed by atoms with Gasteiger partial charge in [-0.2, -0.15) is 8.42 Å². The van der Waals surface area contributed by atoms with Gasteiger partial charge < -0.3 is 9.84 Å². The maximum Gasteiger partial charge on any atom is 0.294 e. The third-order valence-corrected chi connectivity index (χ3v) is 6.20. The topological polar surface area (TPSA) is 83.8 Å². The third-order valence-electron chi connectivity index (χ3n) is 3.88. The average Bonchev–Trinajstić information content (AvgIpc) is 2.69. The molecule has 0 radical (unpaired) electrons. The van der Waals surface area contributed by atoms with E-state index >= 15 is 0 Å². The Morgan fingerprint density at radius 3 is 2.14 bits per heavy atom. The van der Waals surface area contributed by atoms with Crippen LogP contribution in [0.5, 0.6) is 11.5 Å². The third kappa shape index (κ3) is 6.97. The van der Waals surface area contributed by atoms with Gasteiger partial charge in [0.1, 0.15) is 16.4 Å². The zero-order valence-corrected chi connectivity index (χ0v) is 17.5. The van der Waals surface area contributed by atoms with Gasteiger partial charge in [0, 0.05) is 6.07 Å². The maximum absolute atomic E-state index is 10.7. The first kappa shape index (κ1) is 21.9. The van der Waals surface area contributed by atoms with Gasteiger partial charge in [0.25, 0.3) is 10.1 Å². The van der Waals surface area contributed by atoms with Gasteiger partial charge in [-0.15, -0.1) is 0 Å². The summed E-state index contributed by atoms with van der Waals surface area (Å²) < 4.78 is 35.1. The van der Waals surface area contributed by atoms with E-state index in [9.17, 15) is 8.42 Å². The lowest BCUT2D eigenvalue weighted by atomic mass is 10.2. The molecule has 0 saturated heterocycles. The van der Waals surface area contributed by atoms with E-state index in [0.29, 0.717) is 5.56 Å². The summed E-state index contributed by atoms with van der Waals surface area (Å²) in [5.41, 5.74) is 1.76. The van der Waals surface area contributed by atoms with Gasteiger partial charge in [0.15, 0.2) is 0 Å². The van der Waals surface area contributed by atoms with Gasteiger partial charge in [0.2, 0.25) is 0 Å². The van der Waals surface area contributed by atoms with Crippen molar-refractivity contribution < 1.29 is 22.8 Å². The largest absolute Gasteiger partial charge is 0.508 e. The second-order valence-electron chi connectivity index (χ2n) is 5.99. The molecule has 1 atom stereocenters. The Morgan fingerprint density at radius 1 is 0.964 bits per heavy atom. The number of ether oxygens (including phenoxy) is 1. The SMILES string of the molecule is COc1ccc(CPc2ccccc2)cc1.Cc1ccc(O)cc1S(=O)(=O)O. The number of aryl methyl sites for hydroxylation is 1. The van der Waals surface area contributed by atoms with Gasteiger partial charge >= 0.3 is 0 Å². The smallest absolute Gasteiger partial charge is 0.294 e. The zero-order valence-electron chi connectivity index (χ0n) is 15.7. The molecule has 0 aliphatic heterocycles. The normalized spacial score (nSPS) is 11.1. The highest BCUT2D eigenvalue weighted by atomic mass is 32.2. The van der Waals surface area contributed by atoms with Gasteiger partial charge in [-0.1, -0.05) is 57.1 Å². The monoisotopic (exact) mass is 418 g/mol. The second kappa shape index (κ2) is 10.2. The molecule has 28 heavy (non-hydrogen) atoms. The van der Waals surface area contributed by atoms with Crippen molar-refractivity contribution in [3.63, 3.8) is 0 Å². The van der Waals surface area contributed by atoms with Crippen molar-refractivity contribution in [3.8, 4) is 11.5 Å². The van der Waals surface area contributed by atoms with Crippen molar-refractivity contribution in [2.24, 2.45) is 0 Å². The fraction of sp³-hybridized carbons (Fsp3) is 0.143. The van der Waals surface area contributed by atoms with Gasteiger partial charge in [0.05, 0.1) is 7.11 Å². The Bertz CT molecular complexity index is 987. The van der Waals surface area contributed by atoms with Crippen LogP contribution in [0.15, 0.2) is 77.7 Å². The standard InChI is InChI=1S/C14H15OP.C7H8O4S/c1-15-13-9-7-12(8-10-13)11-16-14-5-3-2-4-6-14;1-5-2-3-6(8)4-7(5)12(9,10)11/h2-10,16H,11H2,1H3;2-4,8H,1H3,(H,9,10,11). The number of phenolic OH excluding ortho intramolecular Hbond substituents is 1. The fourth-order valence-electron chi connectivity index (χ4n) is 2.37. The predicted molar refractivity (Wildman–Crippen MR) is 114 cm³/mol. The molecule has 0 aliphatic carbocycles. The maximum atomic E-state index is 10.7. The molecule has 0 saturated carbocycles. The molecule has 0 bridgehead atoms. The Morgan fingerprint density at radius 2 is 1.61 bits per heavy atom. The highest BCUT2D eigenvalue weighted by molar-refractivity contribution is 7.85. The summed E-state index contributed by atoms with van der Waals surface area (Å²) in [6, 6.07) is 22.7. The second-order valence-corrected chi connectivity index (χ2v) is 8.67. The van der Waals surface area contributed by atoms with E-state index in [0.717, 1.165) is 26.6 Å². The van der Waals surface area contributed by atoms with Crippen LogP contribution >= 0.6 is 8.58 Å². The minimum absolute atomic E-state index is 0.187. The molecular formula is C21H23O5PS. The summed E-state index contributed by atoms with van der Waals surface area (Å²) in [6.45, 7) is 1.53. The Hall–Kier alpha value is -2.40. The lowest BCUT2D eigenvalue weighted by molar-refractivity contribution is 0.414. The van der Waals surface area contributed by atoms with Crippen molar-refractivity contribution in [2.45, 2.75) is 18.0 Å². The van der Waals surface area contributed by atoms with E-state index in [-0.39, 0.29) is 10.6 Å². The van der Waals surface area contributed by atoms with E-state index in [1.807, 2.05) is 12.1 Å². The van der Waals surface area contributed by atoms with Crippen LogP contribution in [0.2, 0.25) is 0 Å². The van der Waals surface area contributed by atoms with Crippen LogP contribution in [-0.4, -0.2) is 25.2 Å². The van der Waals surface area contributed by atoms with Gasteiger partial charge in [-0.25, -0.2) is 0 Å². The van der Waals surface area contributed by atoms with E-state index in [1.54, 1.807) is 7.11 Å². The predicted octanol–water partition coefficient (Wildman–Crippen LogP) is 4.15. The lowest BCUT2D eigenvalue weighted by Crippen LogP contribution is -2.00. The molecule has 0 spiro atoms. The molecule has 3 rings (SSSR count). The Balaban J connectivity index is 0.000000209. The highest BCUT2D eigenvalue weighted by Gasteiger charge is 2.12. The molecule has 2 N–H and O–H groups in total. The molecule has 0 aliphatic rings. The molecular weight excluding hydrogens is 395 g/mol. The van der Waals surface area contributed by atoms with Gasteiger partial charge in [-0.05, 0) is 47.7 Å². The average molecular weight is 418 g/mol. The Labute approximate surface area is 167 Å². The van der Waals surface area contributed by atoms with Crippen LogP contribution in [-0.2, 0) is 16.3 Å². The van der Waals surface area contributed by atoms with E-state index in [1.165, 1.54) is 29.9 Å². The molecule has 7 heteroatoms. The number of aromatic hydroxyl groups is 1. The number of methoxy groups -OCH3 is 1. The van der Waals surface area contributed by atoms with Crippen LogP contribution in [0.25, 0.3) is 0 Å². The molecule has 148 valence electrons.